The van der Waals surface area contributed by atoms with E-state index in [0.29, 0.717) is 5.69 Å². The minimum absolute atomic E-state index is 0.237. The molecule has 2 amide bonds. The molecule has 0 unspecified atom stereocenters. The number of hydrogen-bond acceptors (Lipinski definition) is 2. The van der Waals surface area contributed by atoms with Gasteiger partial charge in [0.15, 0.2) is 0 Å². The van der Waals surface area contributed by atoms with E-state index in [0.717, 1.165) is 30.2 Å². The Labute approximate surface area is 155 Å². The first-order valence-corrected chi connectivity index (χ1v) is 8.30. The number of alkyl halides is 3. The second-order valence-electron chi connectivity index (χ2n) is 5.73. The lowest BCUT2D eigenvalue weighted by molar-refractivity contribution is -0.137. The van der Waals surface area contributed by atoms with E-state index in [9.17, 15) is 22.8 Å². The van der Waals surface area contributed by atoms with Crippen LogP contribution in [0.2, 0.25) is 0 Å². The van der Waals surface area contributed by atoms with Gasteiger partial charge in [-0.15, -0.1) is 0 Å². The molecule has 0 saturated heterocycles. The Morgan fingerprint density at radius 1 is 1.07 bits per heavy atom. The zero-order valence-corrected chi connectivity index (χ0v) is 14.6. The summed E-state index contributed by atoms with van der Waals surface area (Å²) in [5, 5.41) is 5.11. The van der Waals surface area contributed by atoms with Gasteiger partial charge in [-0.3, -0.25) is 9.59 Å². The third-order valence-electron chi connectivity index (χ3n) is 3.74. The van der Waals surface area contributed by atoms with Gasteiger partial charge < -0.3 is 10.6 Å². The highest BCUT2D eigenvalue weighted by Gasteiger charge is 2.30. The molecule has 0 aliphatic rings. The van der Waals surface area contributed by atoms with Crippen molar-refractivity contribution in [2.75, 3.05) is 11.9 Å². The number of carbonyl (C=O) groups excluding carboxylic acids is 2. The topological polar surface area (TPSA) is 58.2 Å². The quantitative estimate of drug-likeness (QED) is 0.748. The summed E-state index contributed by atoms with van der Waals surface area (Å²) in [6.45, 7) is 1.72. The molecular formula is C20H19F3N2O2. The van der Waals surface area contributed by atoms with Gasteiger partial charge in [-0.05, 0) is 41.8 Å². The van der Waals surface area contributed by atoms with Crippen molar-refractivity contribution < 1.29 is 22.8 Å². The molecule has 0 fully saturated rings. The van der Waals surface area contributed by atoms with Crippen LogP contribution in [0.15, 0.2) is 54.6 Å². The van der Waals surface area contributed by atoms with E-state index in [-0.39, 0.29) is 12.1 Å². The SMILES string of the molecule is CCc1ccccc1NC(=O)CNC(=O)/C=C/c1cccc(C(F)(F)F)c1. The molecular weight excluding hydrogens is 357 g/mol. The van der Waals surface area contributed by atoms with E-state index in [1.54, 1.807) is 12.1 Å². The number of para-hydroxylation sites is 1. The van der Waals surface area contributed by atoms with Crippen molar-refractivity contribution in [3.63, 3.8) is 0 Å². The van der Waals surface area contributed by atoms with Crippen molar-refractivity contribution in [3.8, 4) is 0 Å². The first kappa shape index (κ1) is 20.2. The fourth-order valence-corrected chi connectivity index (χ4v) is 2.36. The van der Waals surface area contributed by atoms with Crippen molar-refractivity contribution in [1.82, 2.24) is 5.32 Å². The van der Waals surface area contributed by atoms with Gasteiger partial charge in [0.1, 0.15) is 0 Å². The van der Waals surface area contributed by atoms with E-state index in [4.69, 9.17) is 0 Å². The molecule has 0 saturated carbocycles. The smallest absolute Gasteiger partial charge is 0.343 e. The van der Waals surface area contributed by atoms with Gasteiger partial charge in [0.05, 0.1) is 12.1 Å². The van der Waals surface area contributed by atoms with Crippen LogP contribution in [0.25, 0.3) is 6.08 Å². The van der Waals surface area contributed by atoms with Crippen molar-refractivity contribution in [1.29, 1.82) is 0 Å². The summed E-state index contributed by atoms with van der Waals surface area (Å²) in [7, 11) is 0. The van der Waals surface area contributed by atoms with Gasteiger partial charge in [0.25, 0.3) is 0 Å². The molecule has 2 aromatic carbocycles. The minimum atomic E-state index is -4.45. The molecule has 0 radical (unpaired) electrons. The summed E-state index contributed by atoms with van der Waals surface area (Å²) in [5.41, 5.74) is 1.10. The van der Waals surface area contributed by atoms with Crippen LogP contribution in [0, 0.1) is 0 Å². The van der Waals surface area contributed by atoms with Gasteiger partial charge in [0, 0.05) is 11.8 Å². The maximum Gasteiger partial charge on any atom is 0.416 e. The lowest BCUT2D eigenvalue weighted by Crippen LogP contribution is -2.31. The third kappa shape index (κ3) is 6.29. The minimum Gasteiger partial charge on any atom is -0.343 e. The fraction of sp³-hybridized carbons (Fsp3) is 0.200. The Morgan fingerprint density at radius 2 is 1.81 bits per heavy atom. The molecule has 142 valence electrons. The number of aryl methyl sites for hydroxylation is 1. The number of carbonyl (C=O) groups is 2. The molecule has 0 aliphatic carbocycles. The van der Waals surface area contributed by atoms with Gasteiger partial charge in [-0.25, -0.2) is 0 Å². The Bertz CT molecular complexity index is 845. The van der Waals surface area contributed by atoms with E-state index >= 15 is 0 Å². The van der Waals surface area contributed by atoms with E-state index < -0.39 is 23.6 Å². The molecule has 0 atom stereocenters. The second kappa shape index (κ2) is 9.02. The predicted octanol–water partition coefficient (Wildman–Crippen LogP) is 4.04. The Kier molecular flexibility index (Phi) is 6.76. The van der Waals surface area contributed by atoms with Crippen molar-refractivity contribution >= 4 is 23.6 Å². The fourth-order valence-electron chi connectivity index (χ4n) is 2.36. The summed E-state index contributed by atoms with van der Waals surface area (Å²) < 4.78 is 38.0. The average molecular weight is 376 g/mol. The molecule has 2 aromatic rings. The Balaban J connectivity index is 1.89. The number of anilines is 1. The maximum atomic E-state index is 12.7. The maximum absolute atomic E-state index is 12.7. The first-order chi connectivity index (χ1) is 12.8. The molecule has 2 N–H and O–H groups in total. The summed E-state index contributed by atoms with van der Waals surface area (Å²) in [5.74, 6) is -0.969. The highest BCUT2D eigenvalue weighted by Crippen LogP contribution is 2.29. The number of benzene rings is 2. The van der Waals surface area contributed by atoms with E-state index in [2.05, 4.69) is 10.6 Å². The van der Waals surface area contributed by atoms with Crippen LogP contribution in [0.4, 0.5) is 18.9 Å². The predicted molar refractivity (Wildman–Crippen MR) is 97.9 cm³/mol. The number of amides is 2. The highest BCUT2D eigenvalue weighted by molar-refractivity contribution is 5.98. The monoisotopic (exact) mass is 376 g/mol. The molecule has 0 spiro atoms. The molecule has 4 nitrogen and oxygen atoms in total. The molecule has 0 aliphatic heterocycles. The standard InChI is InChI=1S/C20H19F3N2O2/c1-2-15-7-3-4-9-17(15)25-19(27)13-24-18(26)11-10-14-6-5-8-16(12-14)20(21,22)23/h3-12H,2,13H2,1H3,(H,24,26)(H,25,27)/b11-10+. The molecule has 0 bridgehead atoms. The number of rotatable bonds is 6. The Hall–Kier alpha value is -3.09. The second-order valence-corrected chi connectivity index (χ2v) is 5.73. The number of nitrogens with one attached hydrogen (secondary N) is 2. The lowest BCUT2D eigenvalue weighted by atomic mass is 10.1. The molecule has 2 rings (SSSR count). The zero-order chi connectivity index (χ0) is 19.9. The third-order valence-corrected chi connectivity index (χ3v) is 3.74. The zero-order valence-electron chi connectivity index (χ0n) is 14.6. The molecule has 0 heterocycles. The van der Waals surface area contributed by atoms with Crippen molar-refractivity contribution in [2.45, 2.75) is 19.5 Å². The van der Waals surface area contributed by atoms with Crippen LogP contribution in [-0.2, 0) is 22.2 Å². The number of hydrogen-bond donors (Lipinski definition) is 2. The van der Waals surface area contributed by atoms with Crippen molar-refractivity contribution in [3.05, 3.63) is 71.3 Å². The summed E-state index contributed by atoms with van der Waals surface area (Å²) in [6.07, 6.45) is -1.35. The first-order valence-electron chi connectivity index (χ1n) is 8.30. The largest absolute Gasteiger partial charge is 0.416 e. The summed E-state index contributed by atoms with van der Waals surface area (Å²) >= 11 is 0. The van der Waals surface area contributed by atoms with Crippen LogP contribution in [0.5, 0.6) is 0 Å². The Morgan fingerprint density at radius 3 is 2.52 bits per heavy atom. The van der Waals surface area contributed by atoms with Gasteiger partial charge in [-0.1, -0.05) is 37.3 Å². The highest BCUT2D eigenvalue weighted by atomic mass is 19.4. The number of halogens is 3. The molecule has 0 aromatic heterocycles. The lowest BCUT2D eigenvalue weighted by Gasteiger charge is -2.09. The van der Waals surface area contributed by atoms with Gasteiger partial charge >= 0.3 is 6.18 Å². The van der Waals surface area contributed by atoms with E-state index in [1.807, 2.05) is 19.1 Å². The average Bonchev–Trinajstić information content (AvgIpc) is 2.64. The van der Waals surface area contributed by atoms with Crippen LogP contribution >= 0.6 is 0 Å². The van der Waals surface area contributed by atoms with Gasteiger partial charge in [0.2, 0.25) is 11.8 Å². The van der Waals surface area contributed by atoms with Crippen LogP contribution in [-0.4, -0.2) is 18.4 Å². The van der Waals surface area contributed by atoms with Crippen LogP contribution in [0.1, 0.15) is 23.6 Å². The van der Waals surface area contributed by atoms with Crippen LogP contribution in [0.3, 0.4) is 0 Å². The summed E-state index contributed by atoms with van der Waals surface area (Å²) in [6, 6.07) is 11.9. The van der Waals surface area contributed by atoms with Crippen LogP contribution < -0.4 is 10.6 Å². The van der Waals surface area contributed by atoms with E-state index in [1.165, 1.54) is 18.2 Å². The molecule has 7 heteroatoms. The summed E-state index contributed by atoms with van der Waals surface area (Å²) in [4.78, 5) is 23.7. The normalized spacial score (nSPS) is 11.4. The molecule has 27 heavy (non-hydrogen) atoms. The van der Waals surface area contributed by atoms with Crippen molar-refractivity contribution in [2.24, 2.45) is 0 Å². The van der Waals surface area contributed by atoms with Gasteiger partial charge in [-0.2, -0.15) is 13.2 Å².